The SMILES string of the molecule is C=C.CC1CO1.CCCCOCCCC.O=CC=O. The van der Waals surface area contributed by atoms with Crippen molar-refractivity contribution in [1.82, 2.24) is 0 Å². The number of carbonyl (C=O) groups excluding carboxylic acids is 2. The molecule has 1 heterocycles. The molecule has 0 bridgehead atoms. The zero-order valence-corrected chi connectivity index (χ0v) is 12.7. The largest absolute Gasteiger partial charge is 0.381 e. The Bertz CT molecular complexity index is 156. The van der Waals surface area contributed by atoms with Gasteiger partial charge in [0.15, 0.2) is 12.6 Å². The normalized spacial score (nSPS) is 14.4. The zero-order valence-electron chi connectivity index (χ0n) is 12.7. The van der Waals surface area contributed by atoms with Gasteiger partial charge in [-0.1, -0.05) is 26.7 Å². The first-order valence-electron chi connectivity index (χ1n) is 6.81. The van der Waals surface area contributed by atoms with E-state index < -0.39 is 0 Å². The molecule has 0 N–H and O–H groups in total. The number of epoxide rings is 1. The van der Waals surface area contributed by atoms with E-state index in [0.717, 1.165) is 19.8 Å². The quantitative estimate of drug-likeness (QED) is 0.235. The third kappa shape index (κ3) is 47.2. The maximum absolute atomic E-state index is 8.81. The highest BCUT2D eigenvalue weighted by atomic mass is 16.6. The van der Waals surface area contributed by atoms with E-state index in [9.17, 15) is 0 Å². The number of ether oxygens (including phenoxy) is 2. The van der Waals surface area contributed by atoms with Crippen molar-refractivity contribution in [2.45, 2.75) is 52.6 Å². The predicted octanol–water partition coefficient (Wildman–Crippen LogP) is 3.19. The van der Waals surface area contributed by atoms with Crippen LogP contribution in [0.4, 0.5) is 0 Å². The van der Waals surface area contributed by atoms with Gasteiger partial charge in [-0.3, -0.25) is 9.59 Å². The summed E-state index contributed by atoms with van der Waals surface area (Å²) in [4.78, 5) is 17.6. The fraction of sp³-hybridized carbons (Fsp3) is 0.733. The Hall–Kier alpha value is -1.00. The van der Waals surface area contributed by atoms with Gasteiger partial charge in [0.05, 0.1) is 12.7 Å². The van der Waals surface area contributed by atoms with Crippen LogP contribution in [0.5, 0.6) is 0 Å². The van der Waals surface area contributed by atoms with Gasteiger partial charge >= 0.3 is 0 Å². The molecule has 4 nitrogen and oxygen atoms in total. The molecule has 0 aromatic heterocycles. The summed E-state index contributed by atoms with van der Waals surface area (Å²) in [5.74, 6) is 0. The summed E-state index contributed by atoms with van der Waals surface area (Å²) in [5, 5.41) is 0. The van der Waals surface area contributed by atoms with Gasteiger partial charge in [0.25, 0.3) is 0 Å². The number of aldehydes is 2. The van der Waals surface area contributed by atoms with Crippen LogP contribution in [-0.4, -0.2) is 38.5 Å². The third-order valence-corrected chi connectivity index (χ3v) is 1.84. The average molecular weight is 274 g/mol. The highest BCUT2D eigenvalue weighted by Gasteiger charge is 2.13. The average Bonchev–Trinajstić information content (AvgIpc) is 3.24. The van der Waals surface area contributed by atoms with E-state index in [1.807, 2.05) is 0 Å². The van der Waals surface area contributed by atoms with E-state index in [1.54, 1.807) is 0 Å². The van der Waals surface area contributed by atoms with Crippen LogP contribution < -0.4 is 0 Å². The Balaban J connectivity index is -0.000000212. The maximum Gasteiger partial charge on any atom is 0.182 e. The minimum absolute atomic E-state index is 0.194. The zero-order chi connectivity index (χ0) is 15.4. The highest BCUT2D eigenvalue weighted by molar-refractivity contribution is 6.09. The minimum atomic E-state index is 0.194. The Morgan fingerprint density at radius 1 is 1.11 bits per heavy atom. The summed E-state index contributed by atoms with van der Waals surface area (Å²) >= 11 is 0. The Morgan fingerprint density at radius 3 is 1.58 bits per heavy atom. The van der Waals surface area contributed by atoms with Gasteiger partial charge in [-0.2, -0.15) is 0 Å². The molecule has 1 aliphatic rings. The maximum atomic E-state index is 8.81. The van der Waals surface area contributed by atoms with Crippen molar-refractivity contribution in [3.05, 3.63) is 13.2 Å². The lowest BCUT2D eigenvalue weighted by Gasteiger charge is -1.99. The molecule has 1 fully saturated rings. The molecule has 0 saturated carbocycles. The number of rotatable bonds is 7. The lowest BCUT2D eigenvalue weighted by Crippen LogP contribution is -1.95. The van der Waals surface area contributed by atoms with E-state index in [0.29, 0.717) is 6.10 Å². The molecule has 1 saturated heterocycles. The summed E-state index contributed by atoms with van der Waals surface area (Å²) in [6, 6.07) is 0. The van der Waals surface area contributed by atoms with Crippen molar-refractivity contribution in [3.8, 4) is 0 Å². The van der Waals surface area contributed by atoms with E-state index in [2.05, 4.69) is 33.9 Å². The van der Waals surface area contributed by atoms with Gasteiger partial charge in [-0.05, 0) is 19.8 Å². The fourth-order valence-electron chi connectivity index (χ4n) is 0.691. The van der Waals surface area contributed by atoms with Gasteiger partial charge in [0.2, 0.25) is 0 Å². The number of hydrogen-bond acceptors (Lipinski definition) is 4. The number of hydrogen-bond donors (Lipinski definition) is 0. The summed E-state index contributed by atoms with van der Waals surface area (Å²) in [6.45, 7) is 15.3. The van der Waals surface area contributed by atoms with Crippen molar-refractivity contribution in [1.29, 1.82) is 0 Å². The van der Waals surface area contributed by atoms with Crippen molar-refractivity contribution in [2.75, 3.05) is 19.8 Å². The Kier molecular flexibility index (Phi) is 31.3. The van der Waals surface area contributed by atoms with Gasteiger partial charge in [0.1, 0.15) is 0 Å². The Labute approximate surface area is 118 Å². The molecule has 0 spiro atoms. The number of unbranched alkanes of at least 4 members (excludes halogenated alkanes) is 2. The molecule has 1 aliphatic heterocycles. The molecule has 4 heteroatoms. The molecule has 1 rings (SSSR count). The van der Waals surface area contributed by atoms with Crippen LogP contribution in [0.3, 0.4) is 0 Å². The smallest absolute Gasteiger partial charge is 0.182 e. The lowest BCUT2D eigenvalue weighted by molar-refractivity contribution is -0.122. The lowest BCUT2D eigenvalue weighted by atomic mass is 10.3. The second kappa shape index (κ2) is 25.8. The van der Waals surface area contributed by atoms with Crippen LogP contribution in [0.15, 0.2) is 13.2 Å². The molecule has 19 heavy (non-hydrogen) atoms. The van der Waals surface area contributed by atoms with Gasteiger partial charge in [0, 0.05) is 13.2 Å². The summed E-state index contributed by atoms with van der Waals surface area (Å²) in [6.07, 6.45) is 5.88. The summed E-state index contributed by atoms with van der Waals surface area (Å²) < 4.78 is 10.0. The van der Waals surface area contributed by atoms with Crippen molar-refractivity contribution in [2.24, 2.45) is 0 Å². The first kappa shape index (κ1) is 23.1. The molecule has 1 unspecified atom stereocenters. The standard InChI is InChI=1S/C8H18O.C3H6O.C2H2O2.C2H4/c1-3-5-7-9-8-6-4-2;1-3-2-4-3;3-1-2-4;1-2/h3-8H2,1-2H3;3H,2H2,1H3;1-2H;1-2H2. The fourth-order valence-corrected chi connectivity index (χ4v) is 0.691. The molecular weight excluding hydrogens is 244 g/mol. The van der Waals surface area contributed by atoms with Crippen LogP contribution in [0.1, 0.15) is 46.5 Å². The summed E-state index contributed by atoms with van der Waals surface area (Å²) in [5.41, 5.74) is 0. The minimum Gasteiger partial charge on any atom is -0.381 e. The predicted molar refractivity (Wildman–Crippen MR) is 79.4 cm³/mol. The molecule has 0 aliphatic carbocycles. The van der Waals surface area contributed by atoms with Crippen LogP contribution >= 0.6 is 0 Å². The van der Waals surface area contributed by atoms with Crippen LogP contribution in [-0.2, 0) is 19.1 Å². The molecule has 0 aromatic rings. The first-order valence-corrected chi connectivity index (χ1v) is 6.81. The molecule has 1 atom stereocenters. The molecular formula is C15H30O4. The van der Waals surface area contributed by atoms with Crippen molar-refractivity contribution < 1.29 is 19.1 Å². The van der Waals surface area contributed by atoms with Crippen LogP contribution in [0.25, 0.3) is 0 Å². The monoisotopic (exact) mass is 274 g/mol. The topological polar surface area (TPSA) is 55.9 Å². The third-order valence-electron chi connectivity index (χ3n) is 1.84. The Morgan fingerprint density at radius 2 is 1.42 bits per heavy atom. The van der Waals surface area contributed by atoms with Gasteiger partial charge in [-0.15, -0.1) is 13.2 Å². The van der Waals surface area contributed by atoms with Crippen LogP contribution in [0.2, 0.25) is 0 Å². The van der Waals surface area contributed by atoms with E-state index in [4.69, 9.17) is 19.1 Å². The molecule has 0 amide bonds. The second-order valence-corrected chi connectivity index (χ2v) is 3.74. The number of carbonyl (C=O) groups is 2. The molecule has 0 aromatic carbocycles. The first-order chi connectivity index (χ1) is 9.22. The van der Waals surface area contributed by atoms with Crippen molar-refractivity contribution >= 4 is 12.6 Å². The van der Waals surface area contributed by atoms with Gasteiger partial charge < -0.3 is 9.47 Å². The van der Waals surface area contributed by atoms with E-state index >= 15 is 0 Å². The molecule has 0 radical (unpaired) electrons. The van der Waals surface area contributed by atoms with Gasteiger partial charge in [-0.25, -0.2) is 0 Å². The van der Waals surface area contributed by atoms with E-state index in [1.165, 1.54) is 25.7 Å². The summed E-state index contributed by atoms with van der Waals surface area (Å²) in [7, 11) is 0. The van der Waals surface area contributed by atoms with Crippen LogP contribution in [0, 0.1) is 0 Å². The second-order valence-electron chi connectivity index (χ2n) is 3.74. The van der Waals surface area contributed by atoms with E-state index in [-0.39, 0.29) is 12.6 Å². The van der Waals surface area contributed by atoms with Crippen molar-refractivity contribution in [3.63, 3.8) is 0 Å². The molecule has 114 valence electrons. The highest BCUT2D eigenvalue weighted by Crippen LogP contribution is 2.04.